The summed E-state index contributed by atoms with van der Waals surface area (Å²) in [5.74, 6) is 0.0461. The second kappa shape index (κ2) is 9.81. The molecule has 0 bridgehead atoms. The highest BCUT2D eigenvalue weighted by molar-refractivity contribution is 7.23. The Bertz CT molecular complexity index is 626. The van der Waals surface area contributed by atoms with Crippen LogP contribution < -0.4 is 10.6 Å². The molecule has 0 saturated carbocycles. The topological polar surface area (TPSA) is 54.0 Å². The van der Waals surface area contributed by atoms with Crippen molar-refractivity contribution in [2.45, 2.75) is 25.3 Å². The summed E-state index contributed by atoms with van der Waals surface area (Å²) in [6.07, 6.45) is 2.51. The van der Waals surface area contributed by atoms with E-state index in [4.69, 9.17) is 11.6 Å². The Labute approximate surface area is 160 Å². The van der Waals surface area contributed by atoms with Crippen LogP contribution in [-0.2, 0) is 11.2 Å². The molecule has 0 aliphatic carbocycles. The van der Waals surface area contributed by atoms with Gasteiger partial charge >= 0.3 is 0 Å². The van der Waals surface area contributed by atoms with Gasteiger partial charge < -0.3 is 10.6 Å². The number of nitrogens with zero attached hydrogens (tertiary/aromatic N) is 1. The Kier molecular flexibility index (Phi) is 8.82. The van der Waals surface area contributed by atoms with E-state index in [0.717, 1.165) is 45.8 Å². The fraction of sp³-hybridized carbons (Fsp3) is 0.429. The molecular formula is C14H18Cl3N3OS2. The van der Waals surface area contributed by atoms with Gasteiger partial charge in [-0.15, -0.1) is 47.5 Å². The molecule has 0 aromatic carbocycles. The van der Waals surface area contributed by atoms with E-state index in [1.807, 2.05) is 17.5 Å². The van der Waals surface area contributed by atoms with E-state index in [0.29, 0.717) is 6.42 Å². The van der Waals surface area contributed by atoms with Gasteiger partial charge in [-0.3, -0.25) is 4.79 Å². The summed E-state index contributed by atoms with van der Waals surface area (Å²) in [7, 11) is 0. The summed E-state index contributed by atoms with van der Waals surface area (Å²) < 4.78 is 0.754. The Hall–Kier alpha value is -0.370. The molecule has 1 aliphatic rings. The van der Waals surface area contributed by atoms with Crippen LogP contribution in [0.1, 0.15) is 18.5 Å². The van der Waals surface area contributed by atoms with Crippen molar-refractivity contribution in [2.75, 3.05) is 13.1 Å². The monoisotopic (exact) mass is 413 g/mol. The van der Waals surface area contributed by atoms with Crippen molar-refractivity contribution >= 4 is 65.0 Å². The van der Waals surface area contributed by atoms with Gasteiger partial charge in [-0.05, 0) is 31.5 Å². The van der Waals surface area contributed by atoms with E-state index in [1.165, 1.54) is 11.3 Å². The van der Waals surface area contributed by atoms with Crippen LogP contribution >= 0.6 is 59.1 Å². The molecule has 1 aliphatic heterocycles. The SMILES string of the molecule is Cl.Cl.O=C(Cc1csc(-c2ccc(Cl)s2)n1)NC1CCCNC1. The van der Waals surface area contributed by atoms with Gasteiger partial charge in [-0.25, -0.2) is 4.98 Å². The Morgan fingerprint density at radius 3 is 2.91 bits per heavy atom. The minimum absolute atomic E-state index is 0. The number of halogens is 3. The van der Waals surface area contributed by atoms with E-state index >= 15 is 0 Å². The molecule has 1 saturated heterocycles. The van der Waals surface area contributed by atoms with Crippen molar-refractivity contribution in [3.63, 3.8) is 0 Å². The number of piperidine rings is 1. The van der Waals surface area contributed by atoms with Crippen molar-refractivity contribution in [1.29, 1.82) is 0 Å². The molecule has 2 aromatic rings. The molecule has 2 N–H and O–H groups in total. The van der Waals surface area contributed by atoms with Crippen LogP contribution in [0, 0.1) is 0 Å². The van der Waals surface area contributed by atoms with E-state index in [-0.39, 0.29) is 36.8 Å². The molecule has 23 heavy (non-hydrogen) atoms. The summed E-state index contributed by atoms with van der Waals surface area (Å²) in [6, 6.07) is 4.08. The summed E-state index contributed by atoms with van der Waals surface area (Å²) in [4.78, 5) is 17.6. The van der Waals surface area contributed by atoms with E-state index in [1.54, 1.807) is 11.3 Å². The molecule has 3 heterocycles. The first-order valence-electron chi connectivity index (χ1n) is 6.91. The normalized spacial score (nSPS) is 17.0. The Morgan fingerprint density at radius 1 is 1.43 bits per heavy atom. The molecule has 3 rings (SSSR count). The third kappa shape index (κ3) is 5.89. The first kappa shape index (κ1) is 20.7. The lowest BCUT2D eigenvalue weighted by atomic mass is 10.1. The van der Waals surface area contributed by atoms with Crippen molar-refractivity contribution in [3.05, 3.63) is 27.5 Å². The van der Waals surface area contributed by atoms with Crippen molar-refractivity contribution in [3.8, 4) is 9.88 Å². The van der Waals surface area contributed by atoms with E-state index < -0.39 is 0 Å². The number of hydrogen-bond donors (Lipinski definition) is 2. The molecule has 9 heteroatoms. The smallest absolute Gasteiger partial charge is 0.226 e. The van der Waals surface area contributed by atoms with Gasteiger partial charge in [0.1, 0.15) is 5.01 Å². The van der Waals surface area contributed by atoms with Crippen LogP contribution in [0.5, 0.6) is 0 Å². The highest BCUT2D eigenvalue weighted by Crippen LogP contribution is 2.32. The maximum Gasteiger partial charge on any atom is 0.226 e. The molecule has 1 atom stereocenters. The van der Waals surface area contributed by atoms with Crippen LogP contribution in [0.4, 0.5) is 0 Å². The highest BCUT2D eigenvalue weighted by Gasteiger charge is 2.16. The van der Waals surface area contributed by atoms with E-state index in [9.17, 15) is 4.79 Å². The van der Waals surface area contributed by atoms with Crippen molar-refractivity contribution in [1.82, 2.24) is 15.6 Å². The number of rotatable bonds is 4. The molecule has 1 amide bonds. The summed E-state index contributed by atoms with van der Waals surface area (Å²) in [6.45, 7) is 1.91. The molecule has 128 valence electrons. The van der Waals surface area contributed by atoms with Crippen molar-refractivity contribution in [2.24, 2.45) is 0 Å². The van der Waals surface area contributed by atoms with Crippen molar-refractivity contribution < 1.29 is 4.79 Å². The molecule has 2 aromatic heterocycles. The second-order valence-corrected chi connectivity index (χ2v) is 7.61. The summed E-state index contributed by atoms with van der Waals surface area (Å²) in [5.41, 5.74) is 0.820. The van der Waals surface area contributed by atoms with Crippen LogP contribution in [0.3, 0.4) is 0 Å². The third-order valence-corrected chi connectivity index (χ3v) is 5.63. The van der Waals surface area contributed by atoms with Crippen LogP contribution in [0.15, 0.2) is 17.5 Å². The van der Waals surface area contributed by atoms with Crippen LogP contribution in [-0.4, -0.2) is 30.0 Å². The number of carbonyl (C=O) groups excluding carboxylic acids is 1. The standard InChI is InChI=1S/C14H16ClN3OS2.2ClH/c15-12-4-3-11(21-12)14-18-10(8-20-14)6-13(19)17-9-2-1-5-16-7-9;;/h3-4,8-9,16H,1-2,5-7H2,(H,17,19);2*1H. The number of hydrogen-bond acceptors (Lipinski definition) is 5. The van der Waals surface area contributed by atoms with Gasteiger partial charge in [0.2, 0.25) is 5.91 Å². The predicted octanol–water partition coefficient (Wildman–Crippen LogP) is 3.78. The quantitative estimate of drug-likeness (QED) is 0.800. The van der Waals surface area contributed by atoms with E-state index in [2.05, 4.69) is 15.6 Å². The van der Waals surface area contributed by atoms with Gasteiger partial charge in [0, 0.05) is 18.0 Å². The Balaban J connectivity index is 0.00000132. The first-order valence-corrected chi connectivity index (χ1v) is 8.98. The zero-order chi connectivity index (χ0) is 14.7. The number of aromatic nitrogens is 1. The lowest BCUT2D eigenvalue weighted by Crippen LogP contribution is -2.46. The number of thiazole rings is 1. The van der Waals surface area contributed by atoms with Gasteiger partial charge in [0.15, 0.2) is 0 Å². The van der Waals surface area contributed by atoms with Gasteiger partial charge in [-0.2, -0.15) is 0 Å². The molecule has 4 nitrogen and oxygen atoms in total. The largest absolute Gasteiger partial charge is 0.352 e. The third-order valence-electron chi connectivity index (χ3n) is 3.34. The summed E-state index contributed by atoms with van der Waals surface area (Å²) >= 11 is 8.99. The minimum Gasteiger partial charge on any atom is -0.352 e. The predicted molar refractivity (Wildman–Crippen MR) is 103 cm³/mol. The molecule has 0 radical (unpaired) electrons. The molecule has 0 spiro atoms. The average molecular weight is 415 g/mol. The number of carbonyl (C=O) groups is 1. The maximum absolute atomic E-state index is 12.0. The Morgan fingerprint density at radius 2 is 2.26 bits per heavy atom. The molecule has 1 fully saturated rings. The number of amides is 1. The molecule has 1 unspecified atom stereocenters. The van der Waals surface area contributed by atoms with Gasteiger partial charge in [0.25, 0.3) is 0 Å². The fourth-order valence-corrected chi connectivity index (χ4v) is 4.28. The number of thiophene rings is 1. The molecular weight excluding hydrogens is 397 g/mol. The maximum atomic E-state index is 12.0. The summed E-state index contributed by atoms with van der Waals surface area (Å²) in [5, 5.41) is 9.23. The lowest BCUT2D eigenvalue weighted by molar-refractivity contribution is -0.121. The average Bonchev–Trinajstić information content (AvgIpc) is 3.09. The zero-order valence-corrected chi connectivity index (χ0v) is 16.2. The van der Waals surface area contributed by atoms with Crippen LogP contribution in [0.25, 0.3) is 9.88 Å². The van der Waals surface area contributed by atoms with Gasteiger partial charge in [-0.1, -0.05) is 11.6 Å². The number of nitrogens with one attached hydrogen (secondary N) is 2. The lowest BCUT2D eigenvalue weighted by Gasteiger charge is -2.23. The highest BCUT2D eigenvalue weighted by atomic mass is 35.5. The second-order valence-electron chi connectivity index (χ2n) is 5.04. The van der Waals surface area contributed by atoms with Gasteiger partial charge in [0.05, 0.1) is 21.3 Å². The first-order chi connectivity index (χ1) is 10.2. The fourth-order valence-electron chi connectivity index (χ4n) is 2.35. The van der Waals surface area contributed by atoms with Crippen LogP contribution in [0.2, 0.25) is 4.34 Å². The zero-order valence-electron chi connectivity index (χ0n) is 12.2. The minimum atomic E-state index is 0.